The number of hydrogen-bond donors (Lipinski definition) is 1. The highest BCUT2D eigenvalue weighted by atomic mass is 35.5. The molecule has 0 saturated heterocycles. The van der Waals surface area contributed by atoms with Crippen LogP contribution in [0.3, 0.4) is 0 Å². The Bertz CT molecular complexity index is 374. The molecule has 4 heteroatoms. The quantitative estimate of drug-likeness (QED) is 0.762. The molecule has 0 fully saturated rings. The monoisotopic (exact) mass is 285 g/mol. The van der Waals surface area contributed by atoms with E-state index in [9.17, 15) is 4.79 Å². The normalized spacial score (nSPS) is 27.8. The third-order valence-corrected chi connectivity index (χ3v) is 3.71. The number of carbonyl (C=O) groups excluding carboxylic acids is 1. The van der Waals surface area contributed by atoms with Gasteiger partial charge in [-0.25, -0.2) is 0 Å². The third-order valence-electron chi connectivity index (χ3n) is 3.37. The molecule has 1 aliphatic rings. The third kappa shape index (κ3) is 4.66. The van der Waals surface area contributed by atoms with Gasteiger partial charge >= 0.3 is 0 Å². The first-order chi connectivity index (χ1) is 8.90. The van der Waals surface area contributed by atoms with Gasteiger partial charge in [0.25, 0.3) is 0 Å². The molecular weight excluding hydrogens is 262 g/mol. The van der Waals surface area contributed by atoms with Crippen molar-refractivity contribution in [2.24, 2.45) is 5.92 Å². The molecule has 0 aromatic carbocycles. The standard InChI is InChI=1S/C15H24ClNO2/c1-5-12-7-6-8-15(3,16)14(12)17-13(18)9-11(2)10-19-4/h6-8,11,14H,5,9-10H2,1-4H3,(H,17,18)/t11?,14-,15?/m0/s1. The van der Waals surface area contributed by atoms with Crippen molar-refractivity contribution in [3.8, 4) is 0 Å². The molecule has 0 aliphatic heterocycles. The van der Waals surface area contributed by atoms with Gasteiger partial charge in [-0.05, 0) is 24.8 Å². The summed E-state index contributed by atoms with van der Waals surface area (Å²) in [6.07, 6.45) is 7.26. The summed E-state index contributed by atoms with van der Waals surface area (Å²) in [4.78, 5) is 11.5. The Hall–Kier alpha value is -0.800. The molecular formula is C15H24ClNO2. The van der Waals surface area contributed by atoms with Crippen molar-refractivity contribution in [1.29, 1.82) is 0 Å². The van der Waals surface area contributed by atoms with E-state index in [1.807, 2.05) is 32.1 Å². The second kappa shape index (κ2) is 7.11. The highest BCUT2D eigenvalue weighted by molar-refractivity contribution is 6.26. The van der Waals surface area contributed by atoms with Gasteiger partial charge in [0.05, 0.1) is 10.9 Å². The fourth-order valence-electron chi connectivity index (χ4n) is 2.35. The first-order valence-corrected chi connectivity index (χ1v) is 7.14. The summed E-state index contributed by atoms with van der Waals surface area (Å²) < 4.78 is 5.05. The molecule has 0 spiro atoms. The number of methoxy groups -OCH3 is 1. The number of hydrogen-bond acceptors (Lipinski definition) is 2. The van der Waals surface area contributed by atoms with Gasteiger partial charge < -0.3 is 10.1 Å². The molecule has 0 radical (unpaired) electrons. The highest BCUT2D eigenvalue weighted by Gasteiger charge is 2.34. The van der Waals surface area contributed by atoms with Crippen LogP contribution in [-0.2, 0) is 9.53 Å². The average Bonchev–Trinajstić information content (AvgIpc) is 2.31. The first kappa shape index (κ1) is 16.3. The van der Waals surface area contributed by atoms with Crippen LogP contribution >= 0.6 is 11.6 Å². The zero-order valence-corrected chi connectivity index (χ0v) is 13.0. The average molecular weight is 286 g/mol. The number of allylic oxidation sites excluding steroid dienone is 2. The molecule has 1 aliphatic carbocycles. The van der Waals surface area contributed by atoms with Crippen LogP contribution in [0.25, 0.3) is 0 Å². The first-order valence-electron chi connectivity index (χ1n) is 6.76. The van der Waals surface area contributed by atoms with Crippen LogP contribution in [0, 0.1) is 5.92 Å². The van der Waals surface area contributed by atoms with Crippen molar-refractivity contribution in [2.45, 2.75) is 44.5 Å². The Morgan fingerprint density at radius 1 is 1.63 bits per heavy atom. The fraction of sp³-hybridized carbons (Fsp3) is 0.667. The summed E-state index contributed by atoms with van der Waals surface area (Å²) in [5.74, 6) is 0.232. The fourth-order valence-corrected chi connectivity index (χ4v) is 2.62. The molecule has 1 rings (SSSR count). The number of carbonyl (C=O) groups is 1. The maximum absolute atomic E-state index is 12.1. The lowest BCUT2D eigenvalue weighted by Gasteiger charge is -2.34. The smallest absolute Gasteiger partial charge is 0.220 e. The molecule has 2 unspecified atom stereocenters. The molecule has 3 nitrogen and oxygen atoms in total. The number of ether oxygens (including phenoxy) is 1. The van der Waals surface area contributed by atoms with Crippen LogP contribution in [0.15, 0.2) is 23.8 Å². The maximum Gasteiger partial charge on any atom is 0.220 e. The van der Waals surface area contributed by atoms with E-state index in [2.05, 4.69) is 12.2 Å². The summed E-state index contributed by atoms with van der Waals surface area (Å²) in [5, 5.41) is 3.05. The summed E-state index contributed by atoms with van der Waals surface area (Å²) in [6.45, 7) is 6.59. The second-order valence-electron chi connectivity index (χ2n) is 5.37. The van der Waals surface area contributed by atoms with E-state index >= 15 is 0 Å². The molecule has 0 aromatic rings. The molecule has 3 atom stereocenters. The van der Waals surface area contributed by atoms with Crippen molar-refractivity contribution >= 4 is 17.5 Å². The van der Waals surface area contributed by atoms with E-state index in [0.29, 0.717) is 13.0 Å². The predicted octanol–water partition coefficient (Wildman–Crippen LogP) is 3.05. The Kier molecular flexibility index (Phi) is 6.08. The maximum atomic E-state index is 12.1. The second-order valence-corrected chi connectivity index (χ2v) is 6.19. The zero-order chi connectivity index (χ0) is 14.5. The van der Waals surface area contributed by atoms with Gasteiger partial charge in [0.1, 0.15) is 0 Å². The Morgan fingerprint density at radius 3 is 2.89 bits per heavy atom. The molecule has 0 bridgehead atoms. The van der Waals surface area contributed by atoms with Crippen LogP contribution in [0.5, 0.6) is 0 Å². The van der Waals surface area contributed by atoms with Gasteiger partial charge in [0.2, 0.25) is 5.91 Å². The van der Waals surface area contributed by atoms with E-state index in [-0.39, 0.29) is 17.9 Å². The number of rotatable bonds is 6. The van der Waals surface area contributed by atoms with Crippen molar-refractivity contribution in [2.75, 3.05) is 13.7 Å². The Balaban J connectivity index is 2.65. The number of alkyl halides is 1. The topological polar surface area (TPSA) is 38.3 Å². The van der Waals surface area contributed by atoms with Gasteiger partial charge in [-0.3, -0.25) is 4.79 Å². The molecule has 1 N–H and O–H groups in total. The lowest BCUT2D eigenvalue weighted by atomic mass is 9.87. The summed E-state index contributed by atoms with van der Waals surface area (Å²) in [6, 6.07) is -0.133. The van der Waals surface area contributed by atoms with Gasteiger partial charge in [-0.15, -0.1) is 11.6 Å². The lowest BCUT2D eigenvalue weighted by Crippen LogP contribution is -2.49. The van der Waals surface area contributed by atoms with Gasteiger partial charge in [-0.2, -0.15) is 0 Å². The highest BCUT2D eigenvalue weighted by Crippen LogP contribution is 2.31. The minimum Gasteiger partial charge on any atom is -0.384 e. The number of halogens is 1. The molecule has 19 heavy (non-hydrogen) atoms. The van der Waals surface area contributed by atoms with Crippen LogP contribution in [-0.4, -0.2) is 30.5 Å². The summed E-state index contributed by atoms with van der Waals surface area (Å²) in [5.41, 5.74) is 1.16. The van der Waals surface area contributed by atoms with E-state index in [4.69, 9.17) is 16.3 Å². The minimum absolute atomic E-state index is 0.0241. The van der Waals surface area contributed by atoms with Crippen molar-refractivity contribution < 1.29 is 9.53 Å². The number of amides is 1. The zero-order valence-electron chi connectivity index (χ0n) is 12.2. The number of nitrogens with one attached hydrogen (secondary N) is 1. The molecule has 0 saturated carbocycles. The molecule has 0 aromatic heterocycles. The predicted molar refractivity (Wildman–Crippen MR) is 79.4 cm³/mol. The van der Waals surface area contributed by atoms with Crippen LogP contribution in [0.1, 0.15) is 33.6 Å². The Labute approximate surface area is 121 Å². The van der Waals surface area contributed by atoms with Crippen LogP contribution in [0.2, 0.25) is 0 Å². The van der Waals surface area contributed by atoms with Crippen LogP contribution < -0.4 is 5.32 Å². The van der Waals surface area contributed by atoms with Crippen molar-refractivity contribution in [1.82, 2.24) is 5.32 Å². The van der Waals surface area contributed by atoms with E-state index in [1.54, 1.807) is 7.11 Å². The lowest BCUT2D eigenvalue weighted by molar-refractivity contribution is -0.122. The largest absolute Gasteiger partial charge is 0.384 e. The van der Waals surface area contributed by atoms with Gasteiger partial charge in [0.15, 0.2) is 0 Å². The van der Waals surface area contributed by atoms with Crippen molar-refractivity contribution in [3.63, 3.8) is 0 Å². The summed E-state index contributed by atoms with van der Waals surface area (Å²) in [7, 11) is 1.65. The molecule has 0 heterocycles. The van der Waals surface area contributed by atoms with Crippen LogP contribution in [0.4, 0.5) is 0 Å². The Morgan fingerprint density at radius 2 is 2.32 bits per heavy atom. The van der Waals surface area contributed by atoms with Gasteiger partial charge in [-0.1, -0.05) is 32.1 Å². The van der Waals surface area contributed by atoms with E-state index in [0.717, 1.165) is 12.0 Å². The van der Waals surface area contributed by atoms with Crippen molar-refractivity contribution in [3.05, 3.63) is 23.8 Å². The summed E-state index contributed by atoms with van der Waals surface area (Å²) >= 11 is 6.49. The minimum atomic E-state index is -0.555. The molecule has 108 valence electrons. The van der Waals surface area contributed by atoms with Gasteiger partial charge in [0, 0.05) is 20.1 Å². The van der Waals surface area contributed by atoms with E-state index < -0.39 is 4.87 Å². The molecule has 1 amide bonds. The van der Waals surface area contributed by atoms with E-state index in [1.165, 1.54) is 0 Å². The SMILES string of the molecule is CCC1=CC=CC(C)(Cl)[C@H]1NC(=O)CC(C)COC.